The van der Waals surface area contributed by atoms with Crippen LogP contribution >= 0.6 is 0 Å². The van der Waals surface area contributed by atoms with Crippen molar-refractivity contribution in [2.75, 3.05) is 24.5 Å². The molecule has 0 N–H and O–H groups in total. The van der Waals surface area contributed by atoms with Crippen molar-refractivity contribution in [3.63, 3.8) is 0 Å². The zero-order valence-corrected chi connectivity index (χ0v) is 20.7. The molecule has 3 heterocycles. The zero-order chi connectivity index (χ0) is 24.7. The number of hydrogen-bond donors (Lipinski definition) is 0. The Kier molecular flexibility index (Phi) is 6.10. The van der Waals surface area contributed by atoms with E-state index in [9.17, 15) is 4.79 Å². The summed E-state index contributed by atoms with van der Waals surface area (Å²) in [6.07, 6.45) is 4.94. The number of carbonyl (C=O) groups excluding carboxylic acids is 1. The second kappa shape index (κ2) is 8.74. The molecule has 1 aromatic carbocycles. The van der Waals surface area contributed by atoms with Gasteiger partial charge in [-0.2, -0.15) is 5.10 Å². The molecule has 180 valence electrons. The lowest BCUT2D eigenvalue weighted by Crippen LogP contribution is -2.61. The number of halogens is 1. The molecule has 0 unspecified atom stereocenters. The first kappa shape index (κ1) is 23.7. The van der Waals surface area contributed by atoms with Crippen LogP contribution in [0, 0.1) is 12.7 Å². The van der Waals surface area contributed by atoms with Gasteiger partial charge in [0.05, 0.1) is 11.2 Å². The molecule has 0 atom stereocenters. The Morgan fingerprint density at radius 2 is 1.82 bits per heavy atom. The van der Waals surface area contributed by atoms with Crippen LogP contribution in [0.4, 0.5) is 14.9 Å². The van der Waals surface area contributed by atoms with E-state index in [1.54, 1.807) is 28.0 Å². The van der Waals surface area contributed by atoms with E-state index in [0.29, 0.717) is 25.3 Å². The van der Waals surface area contributed by atoms with Crippen LogP contribution in [0.5, 0.6) is 0 Å². The Morgan fingerprint density at radius 3 is 2.44 bits per heavy atom. The number of pyridine rings is 1. The van der Waals surface area contributed by atoms with Crippen molar-refractivity contribution in [2.45, 2.75) is 52.7 Å². The third-order valence-corrected chi connectivity index (χ3v) is 5.91. The van der Waals surface area contributed by atoms with Gasteiger partial charge in [-0.15, -0.1) is 0 Å². The van der Waals surface area contributed by atoms with Crippen molar-refractivity contribution in [3.8, 4) is 16.9 Å². The van der Waals surface area contributed by atoms with Crippen LogP contribution in [0.2, 0.25) is 0 Å². The topological polar surface area (TPSA) is 63.5 Å². The number of aromatic nitrogens is 3. The molecule has 0 saturated carbocycles. The Hall–Kier alpha value is -3.42. The van der Waals surface area contributed by atoms with Gasteiger partial charge < -0.3 is 9.64 Å². The fourth-order valence-electron chi connectivity index (χ4n) is 4.29. The highest BCUT2D eigenvalue weighted by Crippen LogP contribution is 2.30. The normalized spacial score (nSPS) is 16.0. The molecule has 1 aliphatic heterocycles. The quantitative estimate of drug-likeness (QED) is 0.531. The van der Waals surface area contributed by atoms with Crippen molar-refractivity contribution < 1.29 is 13.9 Å². The number of amides is 1. The van der Waals surface area contributed by atoms with Gasteiger partial charge in [0.1, 0.15) is 11.3 Å². The molecule has 1 saturated heterocycles. The molecule has 0 radical (unpaired) electrons. The average Bonchev–Trinajstić information content (AvgIpc) is 3.13. The van der Waals surface area contributed by atoms with Crippen molar-refractivity contribution in [1.29, 1.82) is 0 Å². The molecule has 1 fully saturated rings. The first-order valence-corrected chi connectivity index (χ1v) is 11.5. The van der Waals surface area contributed by atoms with Crippen molar-refractivity contribution in [3.05, 3.63) is 60.3 Å². The standard InChI is InChI=1S/C26H32FN5O2/c1-18-16-32(29-23(18)19-9-11-28-12-10-19)22-8-7-20(15-21(22)27)30-13-14-31(26(5,6)17-30)24(33)34-25(2,3)4/h7-12,15-16H,13-14,17H2,1-6H3. The highest BCUT2D eigenvalue weighted by molar-refractivity contribution is 5.70. The summed E-state index contributed by atoms with van der Waals surface area (Å²) in [6, 6.07) is 8.97. The minimum atomic E-state index is -0.550. The SMILES string of the molecule is Cc1cn(-c2ccc(N3CCN(C(=O)OC(C)(C)C)C(C)(C)C3)cc2F)nc1-c1ccncc1. The molecule has 2 aromatic heterocycles. The molecule has 1 amide bonds. The summed E-state index contributed by atoms with van der Waals surface area (Å²) in [6.45, 7) is 13.2. The minimum absolute atomic E-state index is 0.322. The summed E-state index contributed by atoms with van der Waals surface area (Å²) in [5.41, 5.74) is 2.84. The van der Waals surface area contributed by atoms with E-state index >= 15 is 4.39 Å². The van der Waals surface area contributed by atoms with E-state index in [0.717, 1.165) is 22.5 Å². The first-order valence-electron chi connectivity index (χ1n) is 11.5. The maximum atomic E-state index is 15.2. The van der Waals surface area contributed by atoms with Gasteiger partial charge in [0.25, 0.3) is 0 Å². The number of hydrogen-bond acceptors (Lipinski definition) is 5. The average molecular weight is 466 g/mol. The molecule has 34 heavy (non-hydrogen) atoms. The van der Waals surface area contributed by atoms with Crippen LogP contribution in [-0.2, 0) is 4.74 Å². The highest BCUT2D eigenvalue weighted by Gasteiger charge is 2.39. The lowest BCUT2D eigenvalue weighted by atomic mass is 9.98. The summed E-state index contributed by atoms with van der Waals surface area (Å²) >= 11 is 0. The molecular weight excluding hydrogens is 433 g/mol. The zero-order valence-electron chi connectivity index (χ0n) is 20.7. The summed E-state index contributed by atoms with van der Waals surface area (Å²) in [7, 11) is 0. The Morgan fingerprint density at radius 1 is 1.12 bits per heavy atom. The molecule has 4 rings (SSSR count). The third kappa shape index (κ3) is 4.90. The van der Waals surface area contributed by atoms with Crippen molar-refractivity contribution in [2.24, 2.45) is 0 Å². The Balaban J connectivity index is 1.53. The fourth-order valence-corrected chi connectivity index (χ4v) is 4.29. The minimum Gasteiger partial charge on any atom is -0.444 e. The molecule has 8 heteroatoms. The van der Waals surface area contributed by atoms with E-state index in [-0.39, 0.29) is 11.9 Å². The molecule has 3 aromatic rings. The molecular formula is C26H32FN5O2. The molecule has 7 nitrogen and oxygen atoms in total. The van der Waals surface area contributed by atoms with Crippen LogP contribution in [0.25, 0.3) is 16.9 Å². The van der Waals surface area contributed by atoms with Crippen molar-refractivity contribution in [1.82, 2.24) is 19.7 Å². The Bertz CT molecular complexity index is 1180. The Labute approximate surface area is 200 Å². The van der Waals surface area contributed by atoms with E-state index in [1.165, 1.54) is 6.07 Å². The van der Waals surface area contributed by atoms with Gasteiger partial charge in [-0.05, 0) is 77.4 Å². The number of benzene rings is 1. The third-order valence-electron chi connectivity index (χ3n) is 5.91. The number of anilines is 1. The maximum absolute atomic E-state index is 15.2. The maximum Gasteiger partial charge on any atom is 0.410 e. The summed E-state index contributed by atoms with van der Waals surface area (Å²) in [5.74, 6) is -0.353. The number of aryl methyl sites for hydroxylation is 1. The predicted molar refractivity (Wildman–Crippen MR) is 131 cm³/mol. The number of carbonyl (C=O) groups is 1. The van der Waals surface area contributed by atoms with Crippen LogP contribution in [0.3, 0.4) is 0 Å². The summed E-state index contributed by atoms with van der Waals surface area (Å²) < 4.78 is 22.4. The molecule has 0 bridgehead atoms. The van der Waals surface area contributed by atoms with Crippen LogP contribution in [0.1, 0.15) is 40.2 Å². The van der Waals surface area contributed by atoms with E-state index in [2.05, 4.69) is 15.0 Å². The van der Waals surface area contributed by atoms with Gasteiger partial charge in [0.2, 0.25) is 0 Å². The van der Waals surface area contributed by atoms with E-state index in [4.69, 9.17) is 4.74 Å². The fraction of sp³-hybridized carbons (Fsp3) is 0.423. The predicted octanol–water partition coefficient (Wildman–Crippen LogP) is 5.22. The second-order valence-corrected chi connectivity index (χ2v) is 10.3. The van der Waals surface area contributed by atoms with Crippen molar-refractivity contribution >= 4 is 11.8 Å². The lowest BCUT2D eigenvalue weighted by Gasteiger charge is -2.47. The molecule has 1 aliphatic rings. The number of nitrogens with zero attached hydrogens (tertiary/aromatic N) is 5. The smallest absolute Gasteiger partial charge is 0.410 e. The highest BCUT2D eigenvalue weighted by atomic mass is 19.1. The van der Waals surface area contributed by atoms with Gasteiger partial charge in [-0.3, -0.25) is 9.88 Å². The summed E-state index contributed by atoms with van der Waals surface area (Å²) in [4.78, 5) is 20.6. The largest absolute Gasteiger partial charge is 0.444 e. The first-order chi connectivity index (χ1) is 15.9. The number of rotatable bonds is 3. The monoisotopic (exact) mass is 465 g/mol. The summed E-state index contributed by atoms with van der Waals surface area (Å²) in [5, 5.41) is 4.61. The van der Waals surface area contributed by atoms with Crippen LogP contribution in [-0.4, -0.2) is 56.5 Å². The number of ether oxygens (including phenoxy) is 1. The van der Waals surface area contributed by atoms with Crippen LogP contribution < -0.4 is 4.90 Å². The van der Waals surface area contributed by atoms with Gasteiger partial charge in [-0.1, -0.05) is 0 Å². The van der Waals surface area contributed by atoms with E-state index < -0.39 is 11.1 Å². The second-order valence-electron chi connectivity index (χ2n) is 10.3. The lowest BCUT2D eigenvalue weighted by molar-refractivity contribution is 0.000369. The van der Waals surface area contributed by atoms with Gasteiger partial charge in [0, 0.05) is 49.5 Å². The van der Waals surface area contributed by atoms with Gasteiger partial charge in [0.15, 0.2) is 5.82 Å². The number of piperazine rings is 1. The van der Waals surface area contributed by atoms with Crippen LogP contribution in [0.15, 0.2) is 48.9 Å². The van der Waals surface area contributed by atoms with Gasteiger partial charge >= 0.3 is 6.09 Å². The van der Waals surface area contributed by atoms with Gasteiger partial charge in [-0.25, -0.2) is 13.9 Å². The van der Waals surface area contributed by atoms with E-state index in [1.807, 2.05) is 65.9 Å². The molecule has 0 spiro atoms. The molecule has 0 aliphatic carbocycles.